The monoisotopic (exact) mass is 349 g/mol. The van der Waals surface area contributed by atoms with Gasteiger partial charge in [-0.3, -0.25) is 0 Å². The van der Waals surface area contributed by atoms with Gasteiger partial charge in [0.25, 0.3) is 0 Å². The topological polar surface area (TPSA) is 50.7 Å². The molecule has 2 N–H and O–H groups in total. The summed E-state index contributed by atoms with van der Waals surface area (Å²) in [5, 5.41) is 14.0. The van der Waals surface area contributed by atoms with Crippen LogP contribution in [0.15, 0.2) is 42.5 Å². The van der Waals surface area contributed by atoms with Crippen LogP contribution in [0.2, 0.25) is 0 Å². The number of aliphatic hydroxyl groups excluding tert-OH is 1. The van der Waals surface area contributed by atoms with E-state index < -0.39 is 6.10 Å². The molecule has 130 valence electrons. The molecule has 2 aromatic rings. The minimum atomic E-state index is -0.438. The van der Waals surface area contributed by atoms with Crippen LogP contribution in [0.1, 0.15) is 16.7 Å². The zero-order valence-electron chi connectivity index (χ0n) is 14.0. The fourth-order valence-corrected chi connectivity index (χ4v) is 3.24. The molecule has 2 aromatic carbocycles. The molecule has 24 heavy (non-hydrogen) atoms. The highest BCUT2D eigenvalue weighted by Gasteiger charge is 2.30. The number of aliphatic hydroxyl groups is 1. The number of fused-ring (bicyclic) bond motifs is 1. The standard InChI is InChI=1S/C19H23NO3.ClH/c1-22-18-8-9-19(23-2)15-11-17(21)16(10-14(15)18)20-12-13-6-4-3-5-7-13;/h3-9,16-17,20-21H,10-12H2,1-2H3;1H. The molecule has 1 aliphatic carbocycles. The maximum atomic E-state index is 10.5. The summed E-state index contributed by atoms with van der Waals surface area (Å²) < 4.78 is 10.9. The first-order valence-corrected chi connectivity index (χ1v) is 7.91. The van der Waals surface area contributed by atoms with Crippen LogP contribution in [0, 0.1) is 0 Å². The summed E-state index contributed by atoms with van der Waals surface area (Å²) in [5.74, 6) is 1.68. The highest BCUT2D eigenvalue weighted by molar-refractivity contribution is 5.85. The molecule has 0 amide bonds. The second-order valence-corrected chi connectivity index (χ2v) is 5.88. The Labute approximate surface area is 149 Å². The summed E-state index contributed by atoms with van der Waals surface area (Å²) in [6, 6.07) is 14.1. The van der Waals surface area contributed by atoms with Crippen LogP contribution < -0.4 is 14.8 Å². The molecule has 2 atom stereocenters. The molecule has 3 rings (SSSR count). The van der Waals surface area contributed by atoms with Gasteiger partial charge in [-0.1, -0.05) is 30.3 Å². The van der Waals surface area contributed by atoms with Gasteiger partial charge in [0.2, 0.25) is 0 Å². The van der Waals surface area contributed by atoms with Crippen LogP contribution in [0.4, 0.5) is 0 Å². The smallest absolute Gasteiger partial charge is 0.122 e. The van der Waals surface area contributed by atoms with Crippen LogP contribution >= 0.6 is 12.4 Å². The van der Waals surface area contributed by atoms with Gasteiger partial charge < -0.3 is 19.9 Å². The average molecular weight is 350 g/mol. The minimum absolute atomic E-state index is 0. The van der Waals surface area contributed by atoms with Gasteiger partial charge >= 0.3 is 0 Å². The summed E-state index contributed by atoms with van der Waals surface area (Å²) in [6.45, 7) is 0.740. The van der Waals surface area contributed by atoms with Crippen molar-refractivity contribution >= 4 is 12.4 Å². The summed E-state index contributed by atoms with van der Waals surface area (Å²) >= 11 is 0. The molecule has 0 heterocycles. The number of hydrogen-bond acceptors (Lipinski definition) is 4. The lowest BCUT2D eigenvalue weighted by atomic mass is 9.85. The molecule has 2 unspecified atom stereocenters. The number of benzene rings is 2. The molecule has 0 saturated heterocycles. The molecule has 0 spiro atoms. The van der Waals surface area contributed by atoms with Gasteiger partial charge in [-0.05, 0) is 24.1 Å². The van der Waals surface area contributed by atoms with E-state index in [0.29, 0.717) is 6.42 Å². The molecule has 1 aliphatic rings. The van der Waals surface area contributed by atoms with E-state index in [-0.39, 0.29) is 18.4 Å². The molecule has 0 bridgehead atoms. The fraction of sp³-hybridized carbons (Fsp3) is 0.368. The first-order valence-electron chi connectivity index (χ1n) is 7.91. The van der Waals surface area contributed by atoms with Crippen molar-refractivity contribution in [3.05, 3.63) is 59.2 Å². The zero-order valence-corrected chi connectivity index (χ0v) is 14.8. The molecule has 0 fully saturated rings. The quantitative estimate of drug-likeness (QED) is 0.871. The Kier molecular flexibility index (Phi) is 6.49. The Morgan fingerprint density at radius 1 is 0.958 bits per heavy atom. The summed E-state index contributed by atoms with van der Waals surface area (Å²) in [4.78, 5) is 0. The highest BCUT2D eigenvalue weighted by Crippen LogP contribution is 2.36. The Hall–Kier alpha value is -1.75. The van der Waals surface area contributed by atoms with E-state index in [1.165, 1.54) is 5.56 Å². The molecule has 0 aromatic heterocycles. The molecular weight excluding hydrogens is 326 g/mol. The van der Waals surface area contributed by atoms with Crippen molar-refractivity contribution in [3.8, 4) is 11.5 Å². The molecule has 0 radical (unpaired) electrons. The third-order valence-electron chi connectivity index (χ3n) is 4.50. The Balaban J connectivity index is 0.00000208. The van der Waals surface area contributed by atoms with E-state index in [9.17, 15) is 5.11 Å². The maximum Gasteiger partial charge on any atom is 0.122 e. The molecule has 0 aliphatic heterocycles. The van der Waals surface area contributed by atoms with E-state index in [1.54, 1.807) is 14.2 Å². The Morgan fingerprint density at radius 2 is 1.54 bits per heavy atom. The van der Waals surface area contributed by atoms with Crippen molar-refractivity contribution in [2.24, 2.45) is 0 Å². The van der Waals surface area contributed by atoms with Crippen LogP contribution in [-0.4, -0.2) is 31.5 Å². The zero-order chi connectivity index (χ0) is 16.2. The average Bonchev–Trinajstić information content (AvgIpc) is 2.60. The van der Waals surface area contributed by atoms with Gasteiger partial charge in [-0.2, -0.15) is 0 Å². The van der Waals surface area contributed by atoms with Gasteiger partial charge in [0.05, 0.1) is 20.3 Å². The van der Waals surface area contributed by atoms with Crippen molar-refractivity contribution in [3.63, 3.8) is 0 Å². The molecule has 5 heteroatoms. The van der Waals surface area contributed by atoms with Crippen molar-refractivity contribution in [2.75, 3.05) is 14.2 Å². The second-order valence-electron chi connectivity index (χ2n) is 5.88. The first-order chi connectivity index (χ1) is 11.2. The van der Waals surface area contributed by atoms with Crippen LogP contribution in [-0.2, 0) is 19.4 Å². The lowest BCUT2D eigenvalue weighted by molar-refractivity contribution is 0.117. The minimum Gasteiger partial charge on any atom is -0.496 e. The van der Waals surface area contributed by atoms with Crippen molar-refractivity contribution in [2.45, 2.75) is 31.5 Å². The number of hydrogen-bond donors (Lipinski definition) is 2. The van der Waals surface area contributed by atoms with Crippen LogP contribution in [0.5, 0.6) is 11.5 Å². The normalized spacial score (nSPS) is 19.1. The third kappa shape index (κ3) is 3.83. The SMILES string of the molecule is COc1ccc(OC)c2c1CC(O)C(NCc1ccccc1)C2.Cl. The van der Waals surface area contributed by atoms with Gasteiger partial charge in [0, 0.05) is 30.1 Å². The van der Waals surface area contributed by atoms with Crippen molar-refractivity contribution in [1.82, 2.24) is 5.32 Å². The Morgan fingerprint density at radius 3 is 2.12 bits per heavy atom. The second kappa shape index (κ2) is 8.38. The van der Waals surface area contributed by atoms with Crippen molar-refractivity contribution in [1.29, 1.82) is 0 Å². The summed E-state index contributed by atoms with van der Waals surface area (Å²) in [6.07, 6.45) is 0.860. The van der Waals surface area contributed by atoms with E-state index in [0.717, 1.165) is 35.6 Å². The van der Waals surface area contributed by atoms with Crippen LogP contribution in [0.25, 0.3) is 0 Å². The van der Waals surface area contributed by atoms with Gasteiger partial charge in [-0.15, -0.1) is 12.4 Å². The molecule has 0 saturated carbocycles. The highest BCUT2D eigenvalue weighted by atomic mass is 35.5. The number of halogens is 1. The maximum absolute atomic E-state index is 10.5. The number of rotatable bonds is 5. The summed E-state index contributed by atoms with van der Waals surface area (Å²) in [7, 11) is 3.34. The summed E-state index contributed by atoms with van der Waals surface area (Å²) in [5.41, 5.74) is 3.39. The number of methoxy groups -OCH3 is 2. The molecule has 4 nitrogen and oxygen atoms in total. The van der Waals surface area contributed by atoms with Crippen LogP contribution in [0.3, 0.4) is 0 Å². The predicted octanol–water partition coefficient (Wildman–Crippen LogP) is 2.74. The Bertz CT molecular complexity index is 663. The van der Waals surface area contributed by atoms with E-state index >= 15 is 0 Å². The van der Waals surface area contributed by atoms with Gasteiger partial charge in [0.15, 0.2) is 0 Å². The van der Waals surface area contributed by atoms with E-state index in [4.69, 9.17) is 9.47 Å². The van der Waals surface area contributed by atoms with Crippen molar-refractivity contribution < 1.29 is 14.6 Å². The van der Waals surface area contributed by atoms with E-state index in [1.807, 2.05) is 30.3 Å². The lowest BCUT2D eigenvalue weighted by Crippen LogP contribution is -2.45. The largest absolute Gasteiger partial charge is 0.496 e. The molecular formula is C19H24ClNO3. The number of ether oxygens (including phenoxy) is 2. The lowest BCUT2D eigenvalue weighted by Gasteiger charge is -2.32. The first kappa shape index (κ1) is 18.6. The van der Waals surface area contributed by atoms with E-state index in [2.05, 4.69) is 17.4 Å². The van der Waals surface area contributed by atoms with Gasteiger partial charge in [-0.25, -0.2) is 0 Å². The predicted molar refractivity (Wildman–Crippen MR) is 97.3 cm³/mol. The number of nitrogens with one attached hydrogen (secondary N) is 1. The fourth-order valence-electron chi connectivity index (χ4n) is 3.24. The third-order valence-corrected chi connectivity index (χ3v) is 4.50. The van der Waals surface area contributed by atoms with Gasteiger partial charge in [0.1, 0.15) is 11.5 Å².